The maximum absolute atomic E-state index is 11.1. The van der Waals surface area contributed by atoms with Crippen LogP contribution in [0.2, 0.25) is 0 Å². The number of nitrogens with one attached hydrogen (secondary N) is 1. The van der Waals surface area contributed by atoms with E-state index in [4.69, 9.17) is 0 Å². The van der Waals surface area contributed by atoms with Crippen molar-refractivity contribution in [3.05, 3.63) is 29.3 Å². The molecule has 82 valence electrons. The summed E-state index contributed by atoms with van der Waals surface area (Å²) in [4.78, 5) is 0. The van der Waals surface area contributed by atoms with E-state index in [1.54, 1.807) is 0 Å². The molecule has 0 aromatic heterocycles. The molecular weight excluding hydrogens is 210 g/mol. The zero-order chi connectivity index (χ0) is 11.1. The number of rotatable bonds is 2. The third-order valence-electron chi connectivity index (χ3n) is 2.83. The Labute approximate surface area is 90.6 Å². The van der Waals surface area contributed by atoms with Crippen LogP contribution in [0.1, 0.15) is 30.4 Å². The van der Waals surface area contributed by atoms with Crippen LogP contribution in [0.15, 0.2) is 18.2 Å². The molecule has 0 saturated carbocycles. The van der Waals surface area contributed by atoms with E-state index >= 15 is 0 Å². The molecule has 0 radical (unpaired) electrons. The molecule has 1 atom stereocenters. The maximum atomic E-state index is 11.1. The highest BCUT2D eigenvalue weighted by Crippen LogP contribution is 2.34. The van der Waals surface area contributed by atoms with Gasteiger partial charge in [-0.25, -0.2) is 8.42 Å². The third kappa shape index (κ3) is 2.31. The summed E-state index contributed by atoms with van der Waals surface area (Å²) in [5, 5.41) is 0. The van der Waals surface area contributed by atoms with Crippen molar-refractivity contribution in [1.82, 2.24) is 0 Å². The molecule has 0 bridgehead atoms. The van der Waals surface area contributed by atoms with Gasteiger partial charge in [0.2, 0.25) is 10.0 Å². The second-order valence-corrected chi connectivity index (χ2v) is 5.98. The SMILES string of the molecule is CC1CCc2ccc(NS(C)(=O)=O)cc21. The molecule has 3 nitrogen and oxygen atoms in total. The minimum Gasteiger partial charge on any atom is -0.284 e. The Kier molecular flexibility index (Phi) is 2.46. The number of sulfonamides is 1. The van der Waals surface area contributed by atoms with Crippen LogP contribution in [0, 0.1) is 0 Å². The van der Waals surface area contributed by atoms with E-state index in [1.807, 2.05) is 18.2 Å². The van der Waals surface area contributed by atoms with Crippen LogP contribution in [-0.4, -0.2) is 14.7 Å². The summed E-state index contributed by atoms with van der Waals surface area (Å²) in [7, 11) is -3.16. The van der Waals surface area contributed by atoms with E-state index in [9.17, 15) is 8.42 Å². The smallest absolute Gasteiger partial charge is 0.229 e. The van der Waals surface area contributed by atoms with Crippen LogP contribution in [0.3, 0.4) is 0 Å². The van der Waals surface area contributed by atoms with Crippen LogP contribution >= 0.6 is 0 Å². The first-order valence-corrected chi connectivity index (χ1v) is 6.95. The van der Waals surface area contributed by atoms with Crippen molar-refractivity contribution < 1.29 is 8.42 Å². The van der Waals surface area contributed by atoms with E-state index in [1.165, 1.54) is 17.4 Å². The fraction of sp³-hybridized carbons (Fsp3) is 0.455. The van der Waals surface area contributed by atoms with E-state index in [0.717, 1.165) is 12.8 Å². The summed E-state index contributed by atoms with van der Waals surface area (Å²) in [6.45, 7) is 2.18. The standard InChI is InChI=1S/C11H15NO2S/c1-8-3-4-9-5-6-10(7-11(8)9)12-15(2,13)14/h5-8,12H,3-4H2,1-2H3. The Hall–Kier alpha value is -1.03. The fourth-order valence-electron chi connectivity index (χ4n) is 2.09. The van der Waals surface area contributed by atoms with Crippen molar-refractivity contribution in [3.8, 4) is 0 Å². The molecule has 0 fully saturated rings. The summed E-state index contributed by atoms with van der Waals surface area (Å²) >= 11 is 0. The van der Waals surface area contributed by atoms with Gasteiger partial charge in [-0.15, -0.1) is 0 Å². The minimum absolute atomic E-state index is 0.543. The van der Waals surface area contributed by atoms with Gasteiger partial charge in [0.15, 0.2) is 0 Å². The number of hydrogen-bond acceptors (Lipinski definition) is 2. The second kappa shape index (κ2) is 3.52. The van der Waals surface area contributed by atoms with Gasteiger partial charge in [-0.2, -0.15) is 0 Å². The van der Waals surface area contributed by atoms with Crippen LogP contribution in [0.5, 0.6) is 0 Å². The van der Waals surface area contributed by atoms with E-state index < -0.39 is 10.0 Å². The molecule has 1 aromatic rings. The first-order chi connectivity index (χ1) is 6.96. The Morgan fingerprint density at radius 1 is 1.40 bits per heavy atom. The van der Waals surface area contributed by atoms with Gasteiger partial charge in [0.05, 0.1) is 6.26 Å². The van der Waals surface area contributed by atoms with Crippen molar-refractivity contribution >= 4 is 15.7 Å². The lowest BCUT2D eigenvalue weighted by atomic mass is 10.0. The van der Waals surface area contributed by atoms with Gasteiger partial charge in [0.25, 0.3) is 0 Å². The summed E-state index contributed by atoms with van der Waals surface area (Å²) < 4.78 is 24.6. The molecule has 4 heteroatoms. The first-order valence-electron chi connectivity index (χ1n) is 5.06. The third-order valence-corrected chi connectivity index (χ3v) is 3.43. The lowest BCUT2D eigenvalue weighted by Gasteiger charge is -2.08. The molecule has 1 aromatic carbocycles. The summed E-state index contributed by atoms with van der Waals surface area (Å²) in [5.41, 5.74) is 3.30. The van der Waals surface area contributed by atoms with E-state index in [0.29, 0.717) is 11.6 Å². The van der Waals surface area contributed by atoms with Crippen LogP contribution in [0.25, 0.3) is 0 Å². The van der Waals surface area contributed by atoms with Gasteiger partial charge in [0.1, 0.15) is 0 Å². The first kappa shape index (κ1) is 10.5. The lowest BCUT2D eigenvalue weighted by molar-refractivity contribution is 0.607. The molecule has 2 rings (SSSR count). The highest BCUT2D eigenvalue weighted by Gasteiger charge is 2.18. The van der Waals surface area contributed by atoms with E-state index in [2.05, 4.69) is 11.6 Å². The zero-order valence-corrected chi connectivity index (χ0v) is 9.76. The summed E-state index contributed by atoms with van der Waals surface area (Å²) in [6.07, 6.45) is 3.44. The molecule has 1 aliphatic rings. The van der Waals surface area contributed by atoms with Crippen molar-refractivity contribution in [2.45, 2.75) is 25.7 Å². The van der Waals surface area contributed by atoms with Crippen molar-refractivity contribution in [1.29, 1.82) is 0 Å². The van der Waals surface area contributed by atoms with Crippen molar-refractivity contribution in [3.63, 3.8) is 0 Å². The van der Waals surface area contributed by atoms with Gasteiger partial charge in [-0.05, 0) is 42.0 Å². The normalized spacial score (nSPS) is 20.0. The molecular formula is C11H15NO2S. The number of fused-ring (bicyclic) bond motifs is 1. The fourth-order valence-corrected chi connectivity index (χ4v) is 2.64. The molecule has 1 N–H and O–H groups in total. The minimum atomic E-state index is -3.16. The topological polar surface area (TPSA) is 46.2 Å². The quantitative estimate of drug-likeness (QED) is 0.838. The second-order valence-electron chi connectivity index (χ2n) is 4.23. The lowest BCUT2D eigenvalue weighted by Crippen LogP contribution is -2.09. The summed E-state index contributed by atoms with van der Waals surface area (Å²) in [5.74, 6) is 0.543. The molecule has 1 unspecified atom stereocenters. The zero-order valence-electron chi connectivity index (χ0n) is 8.95. The molecule has 0 amide bonds. The Morgan fingerprint density at radius 3 is 2.80 bits per heavy atom. The van der Waals surface area contributed by atoms with Gasteiger partial charge in [-0.3, -0.25) is 4.72 Å². The Bertz CT molecular complexity index is 479. The average molecular weight is 225 g/mol. The average Bonchev–Trinajstić information content (AvgIpc) is 2.45. The van der Waals surface area contributed by atoms with Gasteiger partial charge in [0, 0.05) is 5.69 Å². The van der Waals surface area contributed by atoms with Gasteiger partial charge < -0.3 is 0 Å². The number of benzene rings is 1. The van der Waals surface area contributed by atoms with Crippen LogP contribution in [-0.2, 0) is 16.4 Å². The van der Waals surface area contributed by atoms with Crippen LogP contribution < -0.4 is 4.72 Å². The molecule has 0 aliphatic heterocycles. The maximum Gasteiger partial charge on any atom is 0.229 e. The highest BCUT2D eigenvalue weighted by atomic mass is 32.2. The molecule has 0 spiro atoms. The predicted molar refractivity (Wildman–Crippen MR) is 61.6 cm³/mol. The molecule has 0 saturated heterocycles. The van der Waals surface area contributed by atoms with Crippen molar-refractivity contribution in [2.75, 3.05) is 11.0 Å². The van der Waals surface area contributed by atoms with Crippen LogP contribution in [0.4, 0.5) is 5.69 Å². The number of hydrogen-bond donors (Lipinski definition) is 1. The molecule has 15 heavy (non-hydrogen) atoms. The Morgan fingerprint density at radius 2 is 2.13 bits per heavy atom. The highest BCUT2D eigenvalue weighted by molar-refractivity contribution is 7.92. The Balaban J connectivity index is 2.33. The number of anilines is 1. The predicted octanol–water partition coefficient (Wildman–Crippen LogP) is 2.11. The van der Waals surface area contributed by atoms with Gasteiger partial charge in [-0.1, -0.05) is 13.0 Å². The monoisotopic (exact) mass is 225 g/mol. The molecule has 1 aliphatic carbocycles. The summed E-state index contributed by atoms with van der Waals surface area (Å²) in [6, 6.07) is 5.80. The largest absolute Gasteiger partial charge is 0.284 e. The van der Waals surface area contributed by atoms with Crippen molar-refractivity contribution in [2.24, 2.45) is 0 Å². The van der Waals surface area contributed by atoms with E-state index in [-0.39, 0.29) is 0 Å². The molecule has 0 heterocycles. The number of aryl methyl sites for hydroxylation is 1. The van der Waals surface area contributed by atoms with Gasteiger partial charge >= 0.3 is 0 Å².